The van der Waals surface area contributed by atoms with Crippen LogP contribution >= 0.6 is 15.3 Å². The highest BCUT2D eigenvalue weighted by molar-refractivity contribution is 9.26. The van der Waals surface area contributed by atoms with E-state index in [0.29, 0.717) is 0 Å². The van der Waals surface area contributed by atoms with Crippen LogP contribution in [0.1, 0.15) is 5.69 Å². The monoisotopic (exact) mass is 292 g/mol. The summed E-state index contributed by atoms with van der Waals surface area (Å²) in [7, 11) is 0. The van der Waals surface area contributed by atoms with Crippen LogP contribution < -0.4 is 0 Å². The van der Waals surface area contributed by atoms with E-state index in [1.807, 2.05) is 18.3 Å². The number of pyridine rings is 1. The van der Waals surface area contributed by atoms with Gasteiger partial charge in [-0.2, -0.15) is 0 Å². The van der Waals surface area contributed by atoms with Crippen molar-refractivity contribution in [2.45, 2.75) is 19.5 Å². The third-order valence-corrected chi connectivity index (χ3v) is 5.67. The van der Waals surface area contributed by atoms with Gasteiger partial charge in [-0.05, 0) is 12.1 Å². The van der Waals surface area contributed by atoms with Gasteiger partial charge in [0.1, 0.15) is 0 Å². The van der Waals surface area contributed by atoms with Crippen LogP contribution in [0.3, 0.4) is 0 Å². The largest absolute Gasteiger partial charge is 0.261 e. The highest BCUT2D eigenvalue weighted by Gasteiger charge is 2.24. The number of rotatable bonds is 3. The molecule has 0 bridgehead atoms. The van der Waals surface area contributed by atoms with Crippen LogP contribution in [0.25, 0.3) is 0 Å². The smallest absolute Gasteiger partial charge is 0.154 e. The van der Waals surface area contributed by atoms with Gasteiger partial charge in [0, 0.05) is 24.2 Å². The van der Waals surface area contributed by atoms with E-state index in [4.69, 9.17) is 0 Å². The van der Waals surface area contributed by atoms with Gasteiger partial charge in [0.05, 0.1) is 0 Å². The first kappa shape index (κ1) is 11.8. The lowest BCUT2D eigenvalue weighted by Gasteiger charge is -2.13. The molecule has 1 aliphatic rings. The predicted molar refractivity (Wildman–Crippen MR) is 74.8 cm³/mol. The molecule has 1 aromatic heterocycles. The van der Waals surface area contributed by atoms with Crippen molar-refractivity contribution in [3.63, 3.8) is 0 Å². The molecule has 83 valence electrons. The molecular weight excluding hydrogens is 278 g/mol. The van der Waals surface area contributed by atoms with E-state index >= 15 is 0 Å². The minimum atomic E-state index is -1.34. The summed E-state index contributed by atoms with van der Waals surface area (Å²) < 4.78 is 0. The Morgan fingerprint density at radius 2 is 2.06 bits per heavy atom. The molecule has 1 nitrogen and oxygen atoms in total. The highest BCUT2D eigenvalue weighted by atomic mass is 79.9. The maximum Gasteiger partial charge on any atom is 0.154 e. The molecule has 0 unspecified atom stereocenters. The third kappa shape index (κ3) is 2.92. The van der Waals surface area contributed by atoms with Crippen molar-refractivity contribution in [1.82, 2.24) is 4.98 Å². The molecule has 16 heavy (non-hydrogen) atoms. The Labute approximate surface area is 106 Å². The fraction of sp³-hybridized carbons (Fsp3) is 0.231. The average molecular weight is 293 g/mol. The predicted octanol–water partition coefficient (Wildman–Crippen LogP) is 3.83. The molecule has 0 aromatic carbocycles. The second-order valence-corrected chi connectivity index (χ2v) is 13.9. The Balaban J connectivity index is 2.06. The number of nitrogens with zero attached hydrogens (tertiary/aromatic N) is 1. The van der Waals surface area contributed by atoms with Crippen LogP contribution in [0.2, 0.25) is 13.1 Å². The zero-order valence-corrected chi connectivity index (χ0v) is 12.2. The van der Waals surface area contributed by atoms with Crippen LogP contribution in [0.15, 0.2) is 47.8 Å². The summed E-state index contributed by atoms with van der Waals surface area (Å²) in [5.74, 6) is 1.36. The number of allylic oxidation sites excluding steroid dienone is 4. The zero-order chi connectivity index (χ0) is 11.6. The normalized spacial score (nSPS) is 16.6. The fourth-order valence-electron chi connectivity index (χ4n) is 1.68. The Hall–Kier alpha value is -0.673. The van der Waals surface area contributed by atoms with E-state index in [9.17, 15) is 0 Å². The van der Waals surface area contributed by atoms with E-state index in [0.717, 1.165) is 12.1 Å². The quantitative estimate of drug-likeness (QED) is 0.609. The molecule has 3 heteroatoms. The van der Waals surface area contributed by atoms with Gasteiger partial charge < -0.3 is 0 Å². The molecule has 1 radical (unpaired) electrons. The summed E-state index contributed by atoms with van der Waals surface area (Å²) >= 11 is 3.81. The topological polar surface area (TPSA) is 12.9 Å². The summed E-state index contributed by atoms with van der Waals surface area (Å²) in [6.07, 6.45) is 9.52. The van der Waals surface area contributed by atoms with Gasteiger partial charge in [-0.25, -0.2) is 0 Å². The van der Waals surface area contributed by atoms with Crippen molar-refractivity contribution in [2.24, 2.45) is 0 Å². The van der Waals surface area contributed by atoms with E-state index < -0.39 is 6.69 Å². The summed E-state index contributed by atoms with van der Waals surface area (Å²) in [6, 6.07) is 6.06. The Kier molecular flexibility index (Phi) is 3.45. The Morgan fingerprint density at radius 1 is 1.25 bits per heavy atom. The Bertz CT molecular complexity index is 417. The molecule has 1 aromatic rings. The lowest BCUT2D eigenvalue weighted by Crippen LogP contribution is -2.17. The molecule has 1 aliphatic carbocycles. The maximum absolute atomic E-state index is 4.35. The second-order valence-electron chi connectivity index (χ2n) is 4.48. The van der Waals surface area contributed by atoms with Crippen LogP contribution in [0, 0.1) is 5.92 Å². The van der Waals surface area contributed by atoms with Gasteiger partial charge in [-0.15, -0.1) is 15.3 Å². The molecular formula is C13H15BrNSi. The summed E-state index contributed by atoms with van der Waals surface area (Å²) in [6.45, 7) is 3.26. The average Bonchev–Trinajstić information content (AvgIpc) is 2.67. The van der Waals surface area contributed by atoms with Crippen LogP contribution in [0.5, 0.6) is 0 Å². The van der Waals surface area contributed by atoms with Crippen molar-refractivity contribution in [1.29, 1.82) is 0 Å². The van der Waals surface area contributed by atoms with E-state index in [1.165, 1.54) is 11.1 Å². The maximum atomic E-state index is 4.35. The van der Waals surface area contributed by atoms with Crippen LogP contribution in [-0.2, 0) is 6.42 Å². The first-order valence-electron chi connectivity index (χ1n) is 5.40. The molecule has 0 aliphatic heterocycles. The molecule has 2 rings (SSSR count). The third-order valence-electron chi connectivity index (χ3n) is 2.62. The number of hydrogen-bond acceptors (Lipinski definition) is 1. The standard InChI is InChI=1S/C13H15BrNSi/c1-16(2,14)13-7-6-11(10-13)9-12-5-3-4-8-15-12/h3-8,10H,9H2,1-2H3. The van der Waals surface area contributed by atoms with E-state index in [1.54, 1.807) is 0 Å². The first-order valence-corrected chi connectivity index (χ1v) is 10.7. The Morgan fingerprint density at radius 3 is 2.62 bits per heavy atom. The van der Waals surface area contributed by atoms with Crippen molar-refractivity contribution < 1.29 is 0 Å². The molecule has 0 atom stereocenters. The SMILES string of the molecule is C[Si](C)(Br)C1=C[C](Cc2ccccn2)C=C1. The molecule has 0 saturated heterocycles. The summed E-state index contributed by atoms with van der Waals surface area (Å²) in [5, 5.41) is 1.46. The lowest BCUT2D eigenvalue weighted by atomic mass is 10.1. The molecule has 0 amide bonds. The molecule has 0 spiro atoms. The van der Waals surface area contributed by atoms with E-state index in [-0.39, 0.29) is 0 Å². The van der Waals surface area contributed by atoms with Gasteiger partial charge in [-0.3, -0.25) is 4.98 Å². The van der Waals surface area contributed by atoms with Gasteiger partial charge in [0.15, 0.2) is 6.69 Å². The zero-order valence-electron chi connectivity index (χ0n) is 9.57. The summed E-state index contributed by atoms with van der Waals surface area (Å²) in [5.41, 5.74) is 1.13. The van der Waals surface area contributed by atoms with Gasteiger partial charge in [-0.1, -0.05) is 42.6 Å². The van der Waals surface area contributed by atoms with Gasteiger partial charge in [0.25, 0.3) is 0 Å². The fourth-order valence-corrected chi connectivity index (χ4v) is 3.43. The molecule has 0 N–H and O–H groups in total. The van der Waals surface area contributed by atoms with Crippen molar-refractivity contribution in [2.75, 3.05) is 0 Å². The van der Waals surface area contributed by atoms with Gasteiger partial charge in [0.2, 0.25) is 0 Å². The number of hydrogen-bond donors (Lipinski definition) is 0. The highest BCUT2D eigenvalue weighted by Crippen LogP contribution is 2.30. The number of halogens is 1. The van der Waals surface area contributed by atoms with Crippen LogP contribution in [0.4, 0.5) is 0 Å². The molecule has 1 heterocycles. The van der Waals surface area contributed by atoms with Crippen molar-refractivity contribution in [3.05, 3.63) is 59.4 Å². The molecule has 0 saturated carbocycles. The molecule has 0 fully saturated rings. The minimum absolute atomic E-state index is 0.929. The van der Waals surface area contributed by atoms with Crippen molar-refractivity contribution >= 4 is 22.0 Å². The lowest BCUT2D eigenvalue weighted by molar-refractivity contribution is 1.02. The van der Waals surface area contributed by atoms with Crippen LogP contribution in [-0.4, -0.2) is 11.7 Å². The minimum Gasteiger partial charge on any atom is -0.261 e. The first-order chi connectivity index (χ1) is 7.55. The van der Waals surface area contributed by atoms with Crippen molar-refractivity contribution in [3.8, 4) is 0 Å². The number of aromatic nitrogens is 1. The second kappa shape index (κ2) is 4.68. The van der Waals surface area contributed by atoms with Gasteiger partial charge >= 0.3 is 0 Å². The summed E-state index contributed by atoms with van der Waals surface area (Å²) in [4.78, 5) is 4.35. The van der Waals surface area contributed by atoms with E-state index in [2.05, 4.69) is 57.7 Å².